The molecule has 0 bridgehead atoms. The monoisotopic (exact) mass is 196 g/mol. The van der Waals surface area contributed by atoms with Gasteiger partial charge >= 0.3 is 0 Å². The Morgan fingerprint density at radius 1 is 1.38 bits per heavy atom. The van der Waals surface area contributed by atoms with Crippen LogP contribution in [0.15, 0.2) is 36.6 Å². The lowest BCUT2D eigenvalue weighted by molar-refractivity contribution is 0.0955. The van der Waals surface area contributed by atoms with Crippen molar-refractivity contribution in [1.29, 1.82) is 0 Å². The number of benzene rings is 1. The zero-order valence-corrected chi connectivity index (χ0v) is 7.91. The highest BCUT2D eigenvalue weighted by Gasteiger charge is 2.31. The first kappa shape index (κ1) is 8.60. The molecule has 0 saturated heterocycles. The Balaban J connectivity index is 2.54. The molecule has 2 rings (SSSR count). The average molecular weight is 197 g/mol. The SMILES string of the molecule is COC1(Cl)C=COc2ccccc21. The van der Waals surface area contributed by atoms with Gasteiger partial charge in [-0.2, -0.15) is 0 Å². The van der Waals surface area contributed by atoms with Gasteiger partial charge in [0, 0.05) is 18.7 Å². The molecule has 0 N–H and O–H groups in total. The van der Waals surface area contributed by atoms with E-state index >= 15 is 0 Å². The summed E-state index contributed by atoms with van der Waals surface area (Å²) in [5.74, 6) is 0.738. The van der Waals surface area contributed by atoms with Crippen molar-refractivity contribution >= 4 is 11.6 Å². The predicted molar refractivity (Wildman–Crippen MR) is 50.8 cm³/mol. The second-order valence-corrected chi connectivity index (χ2v) is 3.33. The van der Waals surface area contributed by atoms with E-state index in [2.05, 4.69) is 0 Å². The molecule has 2 nitrogen and oxygen atoms in total. The van der Waals surface area contributed by atoms with Crippen LogP contribution in [0.1, 0.15) is 5.56 Å². The van der Waals surface area contributed by atoms with Crippen molar-refractivity contribution in [2.45, 2.75) is 5.06 Å². The summed E-state index contributed by atoms with van der Waals surface area (Å²) in [5, 5.41) is -0.880. The minimum atomic E-state index is -0.880. The lowest BCUT2D eigenvalue weighted by Crippen LogP contribution is -2.21. The largest absolute Gasteiger partial charge is 0.465 e. The maximum Gasteiger partial charge on any atom is 0.192 e. The Kier molecular flexibility index (Phi) is 2.02. The third kappa shape index (κ3) is 1.32. The second-order valence-electron chi connectivity index (χ2n) is 2.77. The highest BCUT2D eigenvalue weighted by molar-refractivity contribution is 6.24. The number of fused-ring (bicyclic) bond motifs is 1. The number of halogens is 1. The van der Waals surface area contributed by atoms with Crippen LogP contribution in [0.4, 0.5) is 0 Å². The van der Waals surface area contributed by atoms with Gasteiger partial charge in [0.2, 0.25) is 0 Å². The third-order valence-electron chi connectivity index (χ3n) is 2.03. The van der Waals surface area contributed by atoms with Gasteiger partial charge in [0.05, 0.1) is 6.26 Å². The number of alkyl halides is 1. The lowest BCUT2D eigenvalue weighted by Gasteiger charge is -2.27. The van der Waals surface area contributed by atoms with Crippen molar-refractivity contribution in [1.82, 2.24) is 0 Å². The fraction of sp³-hybridized carbons (Fsp3) is 0.200. The molecular formula is C10H9ClO2. The molecule has 68 valence electrons. The van der Waals surface area contributed by atoms with E-state index in [1.165, 1.54) is 0 Å². The maximum atomic E-state index is 6.20. The second kappa shape index (κ2) is 3.05. The molecular weight excluding hydrogens is 188 g/mol. The molecule has 1 unspecified atom stereocenters. The van der Waals surface area contributed by atoms with Gasteiger partial charge in [-0.05, 0) is 6.07 Å². The number of hydrogen-bond donors (Lipinski definition) is 0. The smallest absolute Gasteiger partial charge is 0.192 e. The summed E-state index contributed by atoms with van der Waals surface area (Å²) in [4.78, 5) is 0. The number of rotatable bonds is 1. The standard InChI is InChI=1S/C10H9ClO2/c1-12-10(11)6-7-13-9-5-3-2-4-8(9)10/h2-7H,1H3. The van der Waals surface area contributed by atoms with Gasteiger partial charge in [0.1, 0.15) is 5.75 Å². The van der Waals surface area contributed by atoms with E-state index in [1.807, 2.05) is 24.3 Å². The quantitative estimate of drug-likeness (QED) is 0.643. The van der Waals surface area contributed by atoms with E-state index < -0.39 is 5.06 Å². The minimum Gasteiger partial charge on any atom is -0.465 e. The Hall–Kier alpha value is -0.990. The molecule has 0 fully saturated rings. The van der Waals surface area contributed by atoms with Crippen LogP contribution in [-0.4, -0.2) is 7.11 Å². The van der Waals surface area contributed by atoms with E-state index in [-0.39, 0.29) is 0 Å². The minimum absolute atomic E-state index is 0.738. The van der Waals surface area contributed by atoms with E-state index in [4.69, 9.17) is 21.1 Å². The van der Waals surface area contributed by atoms with Crippen LogP contribution in [0.2, 0.25) is 0 Å². The molecule has 0 aromatic heterocycles. The van der Waals surface area contributed by atoms with Gasteiger partial charge in [-0.15, -0.1) is 0 Å². The number of methoxy groups -OCH3 is 1. The van der Waals surface area contributed by atoms with Crippen molar-refractivity contribution in [3.05, 3.63) is 42.2 Å². The van der Waals surface area contributed by atoms with Crippen molar-refractivity contribution in [2.75, 3.05) is 7.11 Å². The first-order chi connectivity index (χ1) is 6.26. The average Bonchev–Trinajstić information content (AvgIpc) is 2.19. The van der Waals surface area contributed by atoms with Crippen LogP contribution in [0.25, 0.3) is 0 Å². The molecule has 0 aliphatic carbocycles. The van der Waals surface area contributed by atoms with Crippen molar-refractivity contribution in [3.63, 3.8) is 0 Å². The fourth-order valence-corrected chi connectivity index (χ4v) is 1.52. The van der Waals surface area contributed by atoms with Crippen molar-refractivity contribution < 1.29 is 9.47 Å². The first-order valence-electron chi connectivity index (χ1n) is 3.94. The van der Waals surface area contributed by atoms with Crippen LogP contribution >= 0.6 is 11.6 Å². The third-order valence-corrected chi connectivity index (χ3v) is 2.51. The van der Waals surface area contributed by atoms with E-state index in [9.17, 15) is 0 Å². The maximum absolute atomic E-state index is 6.20. The summed E-state index contributed by atoms with van der Waals surface area (Å²) < 4.78 is 10.5. The molecule has 0 amide bonds. The highest BCUT2D eigenvalue weighted by Crippen LogP contribution is 2.40. The van der Waals surface area contributed by atoms with E-state index in [1.54, 1.807) is 19.4 Å². The van der Waals surface area contributed by atoms with Crippen LogP contribution in [0.5, 0.6) is 5.75 Å². The summed E-state index contributed by atoms with van der Waals surface area (Å²) >= 11 is 6.20. The van der Waals surface area contributed by atoms with Gasteiger partial charge in [-0.1, -0.05) is 29.8 Å². The van der Waals surface area contributed by atoms with E-state index in [0.717, 1.165) is 11.3 Å². The van der Waals surface area contributed by atoms with Gasteiger partial charge in [0.15, 0.2) is 5.06 Å². The summed E-state index contributed by atoms with van der Waals surface area (Å²) in [6.07, 6.45) is 3.22. The topological polar surface area (TPSA) is 18.5 Å². The van der Waals surface area contributed by atoms with Gasteiger partial charge < -0.3 is 9.47 Å². The molecule has 0 radical (unpaired) electrons. The fourth-order valence-electron chi connectivity index (χ4n) is 1.31. The number of ether oxygens (including phenoxy) is 2. The molecule has 1 heterocycles. The zero-order valence-electron chi connectivity index (χ0n) is 7.16. The molecule has 0 saturated carbocycles. The normalized spacial score (nSPS) is 25.1. The summed E-state index contributed by atoms with van der Waals surface area (Å²) in [6.45, 7) is 0. The Bertz CT molecular complexity index is 349. The molecule has 1 aromatic rings. The lowest BCUT2D eigenvalue weighted by atomic mass is 10.1. The van der Waals surface area contributed by atoms with Gasteiger partial charge in [-0.3, -0.25) is 0 Å². The van der Waals surface area contributed by atoms with Crippen LogP contribution in [0, 0.1) is 0 Å². The Labute approximate surface area is 81.7 Å². The molecule has 1 aliphatic heterocycles. The van der Waals surface area contributed by atoms with Crippen LogP contribution in [-0.2, 0) is 9.80 Å². The van der Waals surface area contributed by atoms with Gasteiger partial charge in [0.25, 0.3) is 0 Å². The van der Waals surface area contributed by atoms with Gasteiger partial charge in [-0.25, -0.2) is 0 Å². The Morgan fingerprint density at radius 2 is 2.15 bits per heavy atom. The molecule has 3 heteroatoms. The summed E-state index contributed by atoms with van der Waals surface area (Å²) in [6, 6.07) is 7.53. The van der Waals surface area contributed by atoms with Crippen LogP contribution < -0.4 is 4.74 Å². The van der Waals surface area contributed by atoms with Crippen LogP contribution in [0.3, 0.4) is 0 Å². The Morgan fingerprint density at radius 3 is 2.92 bits per heavy atom. The highest BCUT2D eigenvalue weighted by atomic mass is 35.5. The molecule has 1 atom stereocenters. The molecule has 1 aromatic carbocycles. The molecule has 13 heavy (non-hydrogen) atoms. The number of para-hydroxylation sites is 1. The summed E-state index contributed by atoms with van der Waals surface area (Å²) in [7, 11) is 1.57. The first-order valence-corrected chi connectivity index (χ1v) is 4.32. The predicted octanol–water partition coefficient (Wildman–Crippen LogP) is 2.63. The molecule has 0 spiro atoms. The van der Waals surface area contributed by atoms with E-state index in [0.29, 0.717) is 0 Å². The number of hydrogen-bond acceptors (Lipinski definition) is 2. The van der Waals surface area contributed by atoms with Crippen molar-refractivity contribution in [2.24, 2.45) is 0 Å². The van der Waals surface area contributed by atoms with Crippen molar-refractivity contribution in [3.8, 4) is 5.75 Å². The summed E-state index contributed by atoms with van der Waals surface area (Å²) in [5.41, 5.74) is 0.835. The molecule has 1 aliphatic rings. The zero-order chi connectivity index (χ0) is 9.31.